The lowest BCUT2D eigenvalue weighted by atomic mass is 9.78. The molecule has 0 radical (unpaired) electrons. The van der Waals surface area contributed by atoms with Crippen LogP contribution in [-0.4, -0.2) is 46.8 Å². The Kier molecular flexibility index (Phi) is 5.50. The monoisotopic (exact) mass is 394 g/mol. The summed E-state index contributed by atoms with van der Waals surface area (Å²) in [7, 11) is 0. The van der Waals surface area contributed by atoms with Crippen LogP contribution in [0.2, 0.25) is 0 Å². The first-order chi connectivity index (χ1) is 13.8. The van der Waals surface area contributed by atoms with Gasteiger partial charge in [-0.05, 0) is 31.0 Å². The van der Waals surface area contributed by atoms with Crippen LogP contribution in [0.15, 0.2) is 48.5 Å². The highest BCUT2D eigenvalue weighted by molar-refractivity contribution is 6.22. The number of hydrogen-bond donors (Lipinski definition) is 2. The summed E-state index contributed by atoms with van der Waals surface area (Å²) in [5.41, 5.74) is 0.669. The van der Waals surface area contributed by atoms with Gasteiger partial charge in [0.15, 0.2) is 0 Å². The van der Waals surface area contributed by atoms with Crippen molar-refractivity contribution in [3.8, 4) is 0 Å². The van der Waals surface area contributed by atoms with Crippen LogP contribution in [0.1, 0.15) is 45.2 Å². The number of carbonyl (C=O) groups is 4. The molecule has 2 aromatic rings. The highest BCUT2D eigenvalue weighted by atomic mass is 16.4. The molecule has 150 valence electrons. The molecule has 1 aliphatic rings. The number of amides is 3. The van der Waals surface area contributed by atoms with E-state index < -0.39 is 35.7 Å². The molecule has 0 saturated heterocycles. The number of hydrogen-bond acceptors (Lipinski definition) is 4. The smallest absolute Gasteiger partial charge is 0.315 e. The van der Waals surface area contributed by atoms with Gasteiger partial charge in [0, 0.05) is 6.54 Å². The first kappa shape index (κ1) is 20.3. The van der Waals surface area contributed by atoms with E-state index in [-0.39, 0.29) is 24.1 Å². The van der Waals surface area contributed by atoms with E-state index in [1.54, 1.807) is 55.5 Å². The quantitative estimate of drug-likeness (QED) is 0.700. The van der Waals surface area contributed by atoms with Crippen LogP contribution in [0.3, 0.4) is 0 Å². The van der Waals surface area contributed by atoms with E-state index in [1.807, 2.05) is 6.92 Å². The predicted octanol–water partition coefficient (Wildman–Crippen LogP) is 2.14. The van der Waals surface area contributed by atoms with E-state index in [9.17, 15) is 24.3 Å². The lowest BCUT2D eigenvalue weighted by molar-refractivity contribution is -0.144. The third-order valence-electron chi connectivity index (χ3n) is 5.35. The number of aliphatic carboxylic acids is 1. The maximum Gasteiger partial charge on any atom is 0.315 e. The molecule has 0 saturated carbocycles. The summed E-state index contributed by atoms with van der Waals surface area (Å²) in [4.78, 5) is 50.4. The fourth-order valence-corrected chi connectivity index (χ4v) is 3.54. The number of carboxylic acid groups (broad SMARTS) is 1. The number of aryl methyl sites for hydroxylation is 1. The van der Waals surface area contributed by atoms with Gasteiger partial charge in [0.25, 0.3) is 11.8 Å². The van der Waals surface area contributed by atoms with Crippen molar-refractivity contribution in [2.75, 3.05) is 13.1 Å². The van der Waals surface area contributed by atoms with Crippen molar-refractivity contribution in [2.45, 2.75) is 25.7 Å². The van der Waals surface area contributed by atoms with E-state index in [4.69, 9.17) is 0 Å². The van der Waals surface area contributed by atoms with Gasteiger partial charge in [0.05, 0.1) is 11.1 Å². The third-order valence-corrected chi connectivity index (χ3v) is 5.35. The molecule has 1 unspecified atom stereocenters. The Bertz CT molecular complexity index is 986. The molecule has 0 aliphatic carbocycles. The summed E-state index contributed by atoms with van der Waals surface area (Å²) in [5.74, 6) is -2.69. The number of carboxylic acids is 1. The second-order valence-electron chi connectivity index (χ2n) is 7.13. The molecule has 0 aromatic heterocycles. The van der Waals surface area contributed by atoms with Gasteiger partial charge in [-0.3, -0.25) is 24.1 Å². The highest BCUT2D eigenvalue weighted by Crippen LogP contribution is 2.28. The van der Waals surface area contributed by atoms with E-state index in [1.165, 1.54) is 0 Å². The third kappa shape index (κ3) is 3.63. The zero-order valence-corrected chi connectivity index (χ0v) is 16.3. The topological polar surface area (TPSA) is 104 Å². The molecule has 3 amide bonds. The van der Waals surface area contributed by atoms with Crippen molar-refractivity contribution < 1.29 is 24.3 Å². The van der Waals surface area contributed by atoms with Crippen molar-refractivity contribution >= 4 is 23.7 Å². The molecular weight excluding hydrogens is 372 g/mol. The fourth-order valence-electron chi connectivity index (χ4n) is 3.54. The van der Waals surface area contributed by atoms with Gasteiger partial charge in [0.2, 0.25) is 5.91 Å². The second-order valence-corrected chi connectivity index (χ2v) is 7.13. The number of benzene rings is 2. The van der Waals surface area contributed by atoms with Crippen molar-refractivity contribution in [3.05, 3.63) is 70.8 Å². The maximum atomic E-state index is 12.5. The molecule has 3 rings (SSSR count). The van der Waals surface area contributed by atoms with Gasteiger partial charge in [-0.25, -0.2) is 0 Å². The zero-order chi connectivity index (χ0) is 21.2. The average Bonchev–Trinajstić information content (AvgIpc) is 2.93. The summed E-state index contributed by atoms with van der Waals surface area (Å²) in [6.45, 7) is 2.94. The van der Waals surface area contributed by atoms with Crippen molar-refractivity contribution in [3.63, 3.8) is 0 Å². The van der Waals surface area contributed by atoms with Crippen LogP contribution in [0.25, 0.3) is 0 Å². The van der Waals surface area contributed by atoms with E-state index in [0.717, 1.165) is 10.5 Å². The lowest BCUT2D eigenvalue weighted by Crippen LogP contribution is -2.49. The Morgan fingerprint density at radius 3 is 2.31 bits per heavy atom. The van der Waals surface area contributed by atoms with Crippen LogP contribution in [0, 0.1) is 6.92 Å². The molecule has 29 heavy (non-hydrogen) atoms. The minimum absolute atomic E-state index is 0.149. The lowest BCUT2D eigenvalue weighted by Gasteiger charge is -2.29. The molecular formula is C22H22N2O5. The minimum atomic E-state index is -1.30. The van der Waals surface area contributed by atoms with Gasteiger partial charge in [0.1, 0.15) is 12.0 Å². The minimum Gasteiger partial charge on any atom is -0.481 e. The van der Waals surface area contributed by atoms with Crippen LogP contribution in [0.5, 0.6) is 0 Å². The molecule has 0 bridgehead atoms. The number of rotatable bonds is 7. The number of fused-ring (bicyclic) bond motifs is 1. The molecule has 0 fully saturated rings. The van der Waals surface area contributed by atoms with Crippen LogP contribution in [0.4, 0.5) is 0 Å². The van der Waals surface area contributed by atoms with E-state index >= 15 is 0 Å². The molecule has 1 heterocycles. The normalized spacial score (nSPS) is 15.0. The Morgan fingerprint density at radius 1 is 1.03 bits per heavy atom. The molecule has 7 heteroatoms. The van der Waals surface area contributed by atoms with Gasteiger partial charge in [-0.15, -0.1) is 0 Å². The highest BCUT2D eigenvalue weighted by Gasteiger charge is 2.40. The molecule has 1 atom stereocenters. The van der Waals surface area contributed by atoms with Crippen molar-refractivity contribution in [1.29, 1.82) is 0 Å². The predicted molar refractivity (Wildman–Crippen MR) is 106 cm³/mol. The fraction of sp³-hybridized carbons (Fsp3) is 0.273. The summed E-state index contributed by atoms with van der Waals surface area (Å²) in [6.07, 6.45) is 0.263. The zero-order valence-electron chi connectivity index (χ0n) is 16.3. The summed E-state index contributed by atoms with van der Waals surface area (Å²) >= 11 is 0. The number of nitrogens with zero attached hydrogens (tertiary/aromatic N) is 1. The number of imide groups is 1. The largest absolute Gasteiger partial charge is 0.481 e. The van der Waals surface area contributed by atoms with Crippen molar-refractivity contribution in [2.24, 2.45) is 0 Å². The van der Waals surface area contributed by atoms with Crippen LogP contribution < -0.4 is 5.32 Å². The molecule has 2 aromatic carbocycles. The molecule has 2 N–H and O–H groups in total. The first-order valence-electron chi connectivity index (χ1n) is 9.32. The Hall–Kier alpha value is -3.48. The van der Waals surface area contributed by atoms with Gasteiger partial charge < -0.3 is 10.4 Å². The summed E-state index contributed by atoms with van der Waals surface area (Å²) < 4.78 is 0. The van der Waals surface area contributed by atoms with E-state index in [2.05, 4.69) is 5.32 Å². The summed E-state index contributed by atoms with van der Waals surface area (Å²) in [5, 5.41) is 12.4. The maximum absolute atomic E-state index is 12.5. The molecule has 1 aliphatic heterocycles. The van der Waals surface area contributed by atoms with Gasteiger partial charge in [-0.1, -0.05) is 48.9 Å². The Balaban J connectivity index is 1.73. The van der Waals surface area contributed by atoms with Gasteiger partial charge in [-0.2, -0.15) is 0 Å². The SMILES string of the molecule is CCC(CNC(=O)CN1C(=O)c2ccc(C)cc2C1=O)(C(=O)O)c1ccccc1. The molecule has 0 spiro atoms. The van der Waals surface area contributed by atoms with Gasteiger partial charge >= 0.3 is 5.97 Å². The van der Waals surface area contributed by atoms with Crippen LogP contribution in [-0.2, 0) is 15.0 Å². The Labute approximate surface area is 168 Å². The summed E-state index contributed by atoms with van der Waals surface area (Å²) in [6, 6.07) is 13.6. The number of nitrogens with one attached hydrogen (secondary N) is 1. The second kappa shape index (κ2) is 7.87. The van der Waals surface area contributed by atoms with Crippen LogP contribution >= 0.6 is 0 Å². The number of carbonyl (C=O) groups excluding carboxylic acids is 3. The molecule has 7 nitrogen and oxygen atoms in total. The van der Waals surface area contributed by atoms with Crippen molar-refractivity contribution in [1.82, 2.24) is 10.2 Å². The van der Waals surface area contributed by atoms with E-state index in [0.29, 0.717) is 5.56 Å². The average molecular weight is 394 g/mol. The Morgan fingerprint density at radius 2 is 1.69 bits per heavy atom. The first-order valence-corrected chi connectivity index (χ1v) is 9.32. The standard InChI is InChI=1S/C22H22N2O5/c1-3-22(21(28)29,15-7-5-4-6-8-15)13-23-18(25)12-24-19(26)16-10-9-14(2)11-17(16)20(24)27/h4-11H,3,12-13H2,1-2H3,(H,23,25)(H,28,29).